The average Bonchev–Trinajstić information content (AvgIpc) is 3.22. The lowest BCUT2D eigenvalue weighted by Gasteiger charge is -2.32. The van der Waals surface area contributed by atoms with E-state index in [2.05, 4.69) is 16.0 Å². The van der Waals surface area contributed by atoms with Crippen molar-refractivity contribution in [1.29, 1.82) is 0 Å². The third-order valence-corrected chi connectivity index (χ3v) is 5.08. The molecule has 8 heteroatoms. The number of benzene rings is 1. The number of nitrogens with zero attached hydrogens (tertiary/aromatic N) is 1. The Kier molecular flexibility index (Phi) is 6.43. The van der Waals surface area contributed by atoms with E-state index < -0.39 is 0 Å². The Bertz CT molecular complexity index is 772. The van der Waals surface area contributed by atoms with Crippen LogP contribution in [0.3, 0.4) is 0 Å². The third kappa shape index (κ3) is 5.55. The average molecular weight is 386 g/mol. The van der Waals surface area contributed by atoms with E-state index in [4.69, 9.17) is 0 Å². The number of rotatable bonds is 5. The van der Waals surface area contributed by atoms with E-state index in [0.717, 1.165) is 5.69 Å². The molecule has 0 bridgehead atoms. The van der Waals surface area contributed by atoms with Gasteiger partial charge in [-0.3, -0.25) is 9.59 Å². The molecule has 0 atom stereocenters. The number of thiophene rings is 1. The molecular weight excluding hydrogens is 364 g/mol. The summed E-state index contributed by atoms with van der Waals surface area (Å²) in [4.78, 5) is 37.9. The normalized spacial score (nSPS) is 14.4. The fourth-order valence-electron chi connectivity index (χ4n) is 2.91. The van der Waals surface area contributed by atoms with Gasteiger partial charge in [-0.25, -0.2) is 4.79 Å². The van der Waals surface area contributed by atoms with Gasteiger partial charge in [0.15, 0.2) is 0 Å². The number of para-hydroxylation sites is 1. The minimum atomic E-state index is -0.242. The Morgan fingerprint density at radius 1 is 1.07 bits per heavy atom. The summed E-state index contributed by atoms with van der Waals surface area (Å²) in [7, 11) is 0. The number of anilines is 1. The molecule has 2 heterocycles. The summed E-state index contributed by atoms with van der Waals surface area (Å²) >= 11 is 1.44. The van der Waals surface area contributed by atoms with Gasteiger partial charge in [0, 0.05) is 35.8 Å². The number of carbonyl (C=O) groups is 3. The maximum atomic E-state index is 12.3. The zero-order valence-corrected chi connectivity index (χ0v) is 15.6. The Morgan fingerprint density at radius 2 is 1.81 bits per heavy atom. The summed E-state index contributed by atoms with van der Waals surface area (Å²) < 4.78 is 0. The predicted molar refractivity (Wildman–Crippen MR) is 105 cm³/mol. The van der Waals surface area contributed by atoms with Gasteiger partial charge in [0.1, 0.15) is 0 Å². The molecule has 0 unspecified atom stereocenters. The van der Waals surface area contributed by atoms with Crippen LogP contribution in [0, 0.1) is 0 Å². The molecule has 27 heavy (non-hydrogen) atoms. The number of likely N-dealkylation sites (tertiary alicyclic amines) is 1. The van der Waals surface area contributed by atoms with Crippen LogP contribution in [-0.2, 0) is 4.79 Å². The highest BCUT2D eigenvalue weighted by Crippen LogP contribution is 2.12. The molecule has 142 valence electrons. The lowest BCUT2D eigenvalue weighted by molar-refractivity contribution is -0.131. The molecule has 0 spiro atoms. The molecular formula is C19H22N4O3S. The number of piperidine rings is 1. The van der Waals surface area contributed by atoms with E-state index in [1.54, 1.807) is 16.3 Å². The summed E-state index contributed by atoms with van der Waals surface area (Å²) in [5, 5.41) is 12.0. The lowest BCUT2D eigenvalue weighted by atomic mass is 10.1. The van der Waals surface area contributed by atoms with Gasteiger partial charge in [-0.05, 0) is 36.4 Å². The van der Waals surface area contributed by atoms with Crippen LogP contribution < -0.4 is 16.0 Å². The lowest BCUT2D eigenvalue weighted by Crippen LogP contribution is -2.49. The first-order valence-electron chi connectivity index (χ1n) is 8.82. The number of hydrogen-bond donors (Lipinski definition) is 3. The number of carbonyl (C=O) groups excluding carboxylic acids is 3. The van der Waals surface area contributed by atoms with Crippen molar-refractivity contribution in [2.45, 2.75) is 18.9 Å². The van der Waals surface area contributed by atoms with Crippen molar-refractivity contribution in [3.8, 4) is 0 Å². The fourth-order valence-corrected chi connectivity index (χ4v) is 3.55. The van der Waals surface area contributed by atoms with Crippen LogP contribution >= 0.6 is 11.3 Å². The van der Waals surface area contributed by atoms with Crippen LogP contribution in [-0.4, -0.2) is 48.4 Å². The van der Waals surface area contributed by atoms with Gasteiger partial charge in [0.2, 0.25) is 5.91 Å². The minimum absolute atomic E-state index is 0.0126. The predicted octanol–water partition coefficient (Wildman–Crippen LogP) is 2.29. The topological polar surface area (TPSA) is 90.5 Å². The van der Waals surface area contributed by atoms with E-state index in [0.29, 0.717) is 31.5 Å². The van der Waals surface area contributed by atoms with Crippen molar-refractivity contribution in [1.82, 2.24) is 15.5 Å². The van der Waals surface area contributed by atoms with Crippen molar-refractivity contribution in [3.05, 3.63) is 52.7 Å². The Balaban J connectivity index is 1.37. The zero-order valence-electron chi connectivity index (χ0n) is 14.8. The van der Waals surface area contributed by atoms with Crippen LogP contribution in [0.5, 0.6) is 0 Å². The molecule has 1 fully saturated rings. The Morgan fingerprint density at radius 3 is 2.48 bits per heavy atom. The molecule has 1 aliphatic heterocycles. The molecule has 4 amide bonds. The SMILES string of the molecule is O=C(Nc1ccccc1)NC1CCN(C(=O)CNC(=O)c2ccsc2)CC1. The second-order valence-corrected chi connectivity index (χ2v) is 7.09. The van der Waals surface area contributed by atoms with E-state index in [1.807, 2.05) is 35.7 Å². The van der Waals surface area contributed by atoms with E-state index in [9.17, 15) is 14.4 Å². The largest absolute Gasteiger partial charge is 0.343 e. The molecule has 3 rings (SSSR count). The number of amides is 4. The monoisotopic (exact) mass is 386 g/mol. The summed E-state index contributed by atoms with van der Waals surface area (Å²) in [5.74, 6) is -0.343. The summed E-state index contributed by atoms with van der Waals surface area (Å²) in [6.07, 6.45) is 1.37. The molecule has 2 aromatic rings. The van der Waals surface area contributed by atoms with Gasteiger partial charge in [-0.15, -0.1) is 0 Å². The first-order chi connectivity index (χ1) is 13.1. The van der Waals surface area contributed by atoms with Crippen LogP contribution in [0.2, 0.25) is 0 Å². The van der Waals surface area contributed by atoms with Gasteiger partial charge in [0.05, 0.1) is 6.54 Å². The van der Waals surface area contributed by atoms with Crippen LogP contribution in [0.25, 0.3) is 0 Å². The number of nitrogens with one attached hydrogen (secondary N) is 3. The van der Waals surface area contributed by atoms with Gasteiger partial charge in [-0.2, -0.15) is 11.3 Å². The Hall–Kier alpha value is -2.87. The number of urea groups is 1. The zero-order chi connectivity index (χ0) is 19.1. The summed E-state index contributed by atoms with van der Waals surface area (Å²) in [6.45, 7) is 1.11. The smallest absolute Gasteiger partial charge is 0.319 e. The van der Waals surface area contributed by atoms with E-state index >= 15 is 0 Å². The summed E-state index contributed by atoms with van der Waals surface area (Å²) in [5.41, 5.74) is 1.31. The highest BCUT2D eigenvalue weighted by molar-refractivity contribution is 7.08. The summed E-state index contributed by atoms with van der Waals surface area (Å²) in [6, 6.07) is 10.8. The molecule has 1 saturated heterocycles. The van der Waals surface area contributed by atoms with Crippen molar-refractivity contribution in [3.63, 3.8) is 0 Å². The second-order valence-electron chi connectivity index (χ2n) is 6.31. The van der Waals surface area contributed by atoms with Gasteiger partial charge < -0.3 is 20.9 Å². The highest BCUT2D eigenvalue weighted by Gasteiger charge is 2.24. The van der Waals surface area contributed by atoms with Crippen LogP contribution in [0.15, 0.2) is 47.2 Å². The molecule has 1 aromatic carbocycles. The molecule has 7 nitrogen and oxygen atoms in total. The molecule has 0 saturated carbocycles. The van der Waals surface area contributed by atoms with E-state index in [1.165, 1.54) is 11.3 Å². The second kappa shape index (κ2) is 9.18. The molecule has 0 radical (unpaired) electrons. The first kappa shape index (κ1) is 18.9. The fraction of sp³-hybridized carbons (Fsp3) is 0.316. The minimum Gasteiger partial charge on any atom is -0.343 e. The maximum Gasteiger partial charge on any atom is 0.319 e. The first-order valence-corrected chi connectivity index (χ1v) is 9.77. The molecule has 1 aromatic heterocycles. The van der Waals surface area contributed by atoms with Gasteiger partial charge >= 0.3 is 6.03 Å². The van der Waals surface area contributed by atoms with E-state index in [-0.39, 0.29) is 30.4 Å². The standard InChI is InChI=1S/C19H22N4O3S/c24-17(12-20-18(25)14-8-11-27-13-14)23-9-6-16(7-10-23)22-19(26)21-15-4-2-1-3-5-15/h1-5,8,11,13,16H,6-7,9-10,12H2,(H,20,25)(H2,21,22,26). The quantitative estimate of drug-likeness (QED) is 0.736. The highest BCUT2D eigenvalue weighted by atomic mass is 32.1. The van der Waals surface area contributed by atoms with Crippen molar-refractivity contribution < 1.29 is 14.4 Å². The number of hydrogen-bond acceptors (Lipinski definition) is 4. The van der Waals surface area contributed by atoms with Crippen LogP contribution in [0.1, 0.15) is 23.2 Å². The third-order valence-electron chi connectivity index (χ3n) is 4.40. The molecule has 1 aliphatic rings. The van der Waals surface area contributed by atoms with Gasteiger partial charge in [-0.1, -0.05) is 18.2 Å². The van der Waals surface area contributed by atoms with Crippen molar-refractivity contribution in [2.24, 2.45) is 0 Å². The molecule has 0 aliphatic carbocycles. The van der Waals surface area contributed by atoms with Crippen LogP contribution in [0.4, 0.5) is 10.5 Å². The Labute approximate surface area is 161 Å². The van der Waals surface area contributed by atoms with Gasteiger partial charge in [0.25, 0.3) is 5.91 Å². The molecule has 3 N–H and O–H groups in total. The van der Waals surface area contributed by atoms with Crippen molar-refractivity contribution in [2.75, 3.05) is 25.0 Å². The van der Waals surface area contributed by atoms with Crippen molar-refractivity contribution >= 4 is 34.9 Å². The maximum absolute atomic E-state index is 12.3.